The Balaban J connectivity index is 2.24. The SMILES string of the molecule is Cc1ccc(F)cc1-c1noc(N)c1-c1cccs1. The number of nitrogen functional groups attached to an aromatic ring is 1. The molecule has 3 nitrogen and oxygen atoms in total. The molecular formula is C14H11FN2OS. The highest BCUT2D eigenvalue weighted by Crippen LogP contribution is 2.39. The number of nitrogens with two attached hydrogens (primary N) is 1. The predicted octanol–water partition coefficient (Wildman–Crippen LogP) is 4.10. The van der Waals surface area contributed by atoms with Crippen molar-refractivity contribution in [3.63, 3.8) is 0 Å². The Bertz CT molecular complexity index is 719. The Labute approximate surface area is 113 Å². The normalized spacial score (nSPS) is 10.8. The molecule has 0 saturated carbocycles. The summed E-state index contributed by atoms with van der Waals surface area (Å²) in [5.74, 6) is -0.0552. The molecule has 0 fully saturated rings. The molecular weight excluding hydrogens is 263 g/mol. The van der Waals surface area contributed by atoms with Crippen molar-refractivity contribution in [3.05, 3.63) is 47.1 Å². The molecule has 0 amide bonds. The third-order valence-corrected chi connectivity index (χ3v) is 3.83. The van der Waals surface area contributed by atoms with E-state index in [4.69, 9.17) is 10.3 Å². The summed E-state index contributed by atoms with van der Waals surface area (Å²) in [5.41, 5.74) is 8.77. The molecule has 0 bridgehead atoms. The summed E-state index contributed by atoms with van der Waals surface area (Å²) < 4.78 is 18.5. The second kappa shape index (κ2) is 4.51. The van der Waals surface area contributed by atoms with Crippen LogP contribution in [0.25, 0.3) is 21.7 Å². The molecule has 5 heteroatoms. The van der Waals surface area contributed by atoms with Crippen molar-refractivity contribution in [2.24, 2.45) is 0 Å². The van der Waals surface area contributed by atoms with E-state index in [0.29, 0.717) is 11.3 Å². The number of aryl methyl sites for hydroxylation is 1. The van der Waals surface area contributed by atoms with Crippen LogP contribution in [0.2, 0.25) is 0 Å². The zero-order valence-electron chi connectivity index (χ0n) is 10.2. The van der Waals surface area contributed by atoms with Gasteiger partial charge in [0.25, 0.3) is 0 Å². The highest BCUT2D eigenvalue weighted by molar-refractivity contribution is 7.13. The third-order valence-electron chi connectivity index (χ3n) is 2.94. The van der Waals surface area contributed by atoms with Gasteiger partial charge in [-0.15, -0.1) is 11.3 Å². The minimum atomic E-state index is -0.306. The smallest absolute Gasteiger partial charge is 0.231 e. The summed E-state index contributed by atoms with van der Waals surface area (Å²) in [5, 5.41) is 5.93. The van der Waals surface area contributed by atoms with Gasteiger partial charge in [-0.1, -0.05) is 17.3 Å². The first-order valence-corrected chi connectivity index (χ1v) is 6.60. The van der Waals surface area contributed by atoms with Crippen LogP contribution in [0.15, 0.2) is 40.2 Å². The Hall–Kier alpha value is -2.14. The number of benzene rings is 1. The van der Waals surface area contributed by atoms with Crippen molar-refractivity contribution < 1.29 is 8.91 Å². The predicted molar refractivity (Wildman–Crippen MR) is 74.4 cm³/mol. The van der Waals surface area contributed by atoms with Crippen molar-refractivity contribution in [3.8, 4) is 21.7 Å². The van der Waals surface area contributed by atoms with Crippen molar-refractivity contribution in [2.75, 3.05) is 5.73 Å². The number of nitrogens with zero attached hydrogens (tertiary/aromatic N) is 1. The monoisotopic (exact) mass is 274 g/mol. The summed E-state index contributed by atoms with van der Waals surface area (Å²) >= 11 is 1.54. The van der Waals surface area contributed by atoms with Crippen molar-refractivity contribution in [2.45, 2.75) is 6.92 Å². The molecule has 3 rings (SSSR count). The van der Waals surface area contributed by atoms with Crippen molar-refractivity contribution in [1.29, 1.82) is 0 Å². The molecule has 2 heterocycles. The average Bonchev–Trinajstić information content (AvgIpc) is 3.01. The van der Waals surface area contributed by atoms with E-state index in [1.54, 1.807) is 6.07 Å². The number of thiophene rings is 1. The second-order valence-electron chi connectivity index (χ2n) is 4.21. The van der Waals surface area contributed by atoms with Gasteiger partial charge in [0.15, 0.2) is 0 Å². The van der Waals surface area contributed by atoms with Crippen molar-refractivity contribution >= 4 is 17.2 Å². The third kappa shape index (κ3) is 2.02. The molecule has 0 unspecified atom stereocenters. The summed E-state index contributed by atoms with van der Waals surface area (Å²) in [6.45, 7) is 1.90. The van der Waals surface area contributed by atoms with E-state index >= 15 is 0 Å². The maximum absolute atomic E-state index is 13.4. The van der Waals surface area contributed by atoms with Gasteiger partial charge >= 0.3 is 0 Å². The number of hydrogen-bond acceptors (Lipinski definition) is 4. The molecule has 0 atom stereocenters. The minimum Gasteiger partial charge on any atom is -0.367 e. The zero-order chi connectivity index (χ0) is 13.4. The molecule has 1 aromatic carbocycles. The van der Waals surface area contributed by atoms with E-state index < -0.39 is 0 Å². The summed E-state index contributed by atoms with van der Waals surface area (Å²) in [4.78, 5) is 0.956. The van der Waals surface area contributed by atoms with Gasteiger partial charge in [0.2, 0.25) is 5.88 Å². The fourth-order valence-corrected chi connectivity index (χ4v) is 2.77. The molecule has 19 heavy (non-hydrogen) atoms. The van der Waals surface area contributed by atoms with E-state index in [2.05, 4.69) is 5.16 Å². The lowest BCUT2D eigenvalue weighted by atomic mass is 10.0. The fourth-order valence-electron chi connectivity index (χ4n) is 1.99. The van der Waals surface area contributed by atoms with Gasteiger partial charge in [0.1, 0.15) is 11.5 Å². The van der Waals surface area contributed by atoms with Gasteiger partial charge in [-0.2, -0.15) is 0 Å². The molecule has 2 aromatic heterocycles. The first kappa shape index (κ1) is 11.9. The van der Waals surface area contributed by atoms with E-state index in [-0.39, 0.29) is 11.7 Å². The van der Waals surface area contributed by atoms with Crippen LogP contribution >= 0.6 is 11.3 Å². The van der Waals surface area contributed by atoms with Crippen LogP contribution in [0.3, 0.4) is 0 Å². The second-order valence-corrected chi connectivity index (χ2v) is 5.15. The Kier molecular flexibility index (Phi) is 2.83. The van der Waals surface area contributed by atoms with Gasteiger partial charge in [-0.3, -0.25) is 0 Å². The molecule has 0 aliphatic rings. The molecule has 3 aromatic rings. The molecule has 0 radical (unpaired) electrons. The maximum Gasteiger partial charge on any atom is 0.231 e. The van der Waals surface area contributed by atoms with Crippen molar-refractivity contribution in [1.82, 2.24) is 5.16 Å². The van der Waals surface area contributed by atoms with Gasteiger partial charge in [0, 0.05) is 10.4 Å². The quantitative estimate of drug-likeness (QED) is 0.765. The largest absolute Gasteiger partial charge is 0.367 e. The Morgan fingerprint density at radius 1 is 1.32 bits per heavy atom. The van der Waals surface area contributed by atoms with Crippen LogP contribution in [-0.4, -0.2) is 5.16 Å². The standard InChI is InChI=1S/C14H11FN2OS/c1-8-4-5-9(15)7-10(8)13-12(14(16)18-17-13)11-3-2-6-19-11/h2-7H,16H2,1H3. The van der Waals surface area contributed by atoms with Crippen LogP contribution in [0, 0.1) is 12.7 Å². The Morgan fingerprint density at radius 2 is 2.16 bits per heavy atom. The minimum absolute atomic E-state index is 0.251. The van der Waals surface area contributed by atoms with E-state index in [1.165, 1.54) is 23.5 Å². The summed E-state index contributed by atoms with van der Waals surface area (Å²) in [7, 11) is 0. The average molecular weight is 274 g/mol. The van der Waals surface area contributed by atoms with Crippen LogP contribution in [0.1, 0.15) is 5.56 Å². The Morgan fingerprint density at radius 3 is 2.89 bits per heavy atom. The zero-order valence-corrected chi connectivity index (χ0v) is 11.0. The first-order valence-electron chi connectivity index (χ1n) is 5.72. The maximum atomic E-state index is 13.4. The lowest BCUT2D eigenvalue weighted by Crippen LogP contribution is -1.89. The van der Waals surface area contributed by atoms with E-state index in [9.17, 15) is 4.39 Å². The molecule has 0 aliphatic heterocycles. The summed E-state index contributed by atoms with van der Waals surface area (Å²) in [6.07, 6.45) is 0. The number of rotatable bonds is 2. The van der Waals surface area contributed by atoms with Gasteiger partial charge in [0.05, 0.1) is 5.56 Å². The van der Waals surface area contributed by atoms with E-state index in [1.807, 2.05) is 24.4 Å². The number of halogens is 1. The van der Waals surface area contributed by atoms with Gasteiger partial charge in [-0.25, -0.2) is 4.39 Å². The highest BCUT2D eigenvalue weighted by atomic mass is 32.1. The molecule has 0 aliphatic carbocycles. The highest BCUT2D eigenvalue weighted by Gasteiger charge is 2.19. The number of anilines is 1. The van der Waals surface area contributed by atoms with Crippen LogP contribution < -0.4 is 5.73 Å². The molecule has 0 saturated heterocycles. The summed E-state index contributed by atoms with van der Waals surface area (Å²) in [6, 6.07) is 8.45. The first-order chi connectivity index (χ1) is 9.16. The molecule has 2 N–H and O–H groups in total. The number of aromatic nitrogens is 1. The number of hydrogen-bond donors (Lipinski definition) is 1. The van der Waals surface area contributed by atoms with Gasteiger partial charge in [-0.05, 0) is 36.1 Å². The fraction of sp³-hybridized carbons (Fsp3) is 0.0714. The lowest BCUT2D eigenvalue weighted by Gasteiger charge is -2.04. The molecule has 0 spiro atoms. The van der Waals surface area contributed by atoms with Crippen LogP contribution in [-0.2, 0) is 0 Å². The van der Waals surface area contributed by atoms with Gasteiger partial charge < -0.3 is 10.3 Å². The van der Waals surface area contributed by atoms with Crippen LogP contribution in [0.5, 0.6) is 0 Å². The van der Waals surface area contributed by atoms with E-state index in [0.717, 1.165) is 16.0 Å². The topological polar surface area (TPSA) is 52.0 Å². The van der Waals surface area contributed by atoms with Crippen LogP contribution in [0.4, 0.5) is 10.3 Å². The lowest BCUT2D eigenvalue weighted by molar-refractivity contribution is 0.439. The molecule has 96 valence electrons.